The highest BCUT2D eigenvalue weighted by molar-refractivity contribution is 5.73. The Balaban J connectivity index is 1.70. The largest absolute Gasteiger partial charge is 0.351 e. The Labute approximate surface area is 119 Å². The number of benzene rings is 1. The minimum Gasteiger partial charge on any atom is -0.351 e. The van der Waals surface area contributed by atoms with Gasteiger partial charge in [-0.05, 0) is 36.9 Å². The van der Waals surface area contributed by atoms with E-state index in [9.17, 15) is 0 Å². The first kappa shape index (κ1) is 13.2. The van der Waals surface area contributed by atoms with Gasteiger partial charge in [0.2, 0.25) is 5.95 Å². The van der Waals surface area contributed by atoms with E-state index < -0.39 is 0 Å². The van der Waals surface area contributed by atoms with Gasteiger partial charge in [0.15, 0.2) is 0 Å². The van der Waals surface area contributed by atoms with Gasteiger partial charge in [-0.25, -0.2) is 4.98 Å². The molecule has 1 aromatic carbocycles. The van der Waals surface area contributed by atoms with E-state index in [1.54, 1.807) is 0 Å². The highest BCUT2D eigenvalue weighted by Gasteiger charge is 2.31. The van der Waals surface area contributed by atoms with Crippen LogP contribution in [-0.4, -0.2) is 34.3 Å². The van der Waals surface area contributed by atoms with Crippen molar-refractivity contribution >= 4 is 17.0 Å². The van der Waals surface area contributed by atoms with E-state index in [1.807, 2.05) is 24.3 Å². The molecule has 0 radical (unpaired) electrons. The molecule has 0 spiro atoms. The van der Waals surface area contributed by atoms with Crippen molar-refractivity contribution in [2.45, 2.75) is 32.7 Å². The number of hydrogen-bond acceptors (Lipinski definition) is 5. The summed E-state index contributed by atoms with van der Waals surface area (Å²) in [6.45, 7) is 6.54. The quantitative estimate of drug-likeness (QED) is 0.896. The number of aromatic nitrogens is 3. The van der Waals surface area contributed by atoms with Gasteiger partial charge in [-0.3, -0.25) is 0 Å². The topological polar surface area (TPSA) is 62.7 Å². The van der Waals surface area contributed by atoms with Crippen LogP contribution < -0.4 is 10.6 Å². The van der Waals surface area contributed by atoms with E-state index in [2.05, 4.69) is 39.7 Å². The zero-order valence-corrected chi connectivity index (χ0v) is 12.1. The van der Waals surface area contributed by atoms with Crippen LogP contribution in [0.4, 0.5) is 5.95 Å². The van der Waals surface area contributed by atoms with Crippen LogP contribution in [0.15, 0.2) is 24.3 Å². The number of hydrogen-bond donors (Lipinski definition) is 2. The number of para-hydroxylation sites is 1. The van der Waals surface area contributed by atoms with Crippen molar-refractivity contribution in [3.8, 4) is 0 Å². The molecule has 0 aliphatic carbocycles. The zero-order valence-electron chi connectivity index (χ0n) is 12.1. The van der Waals surface area contributed by atoms with Crippen molar-refractivity contribution < 1.29 is 0 Å². The second-order valence-electron chi connectivity index (χ2n) is 6.10. The van der Waals surface area contributed by atoms with Crippen LogP contribution in [0.5, 0.6) is 0 Å². The fourth-order valence-corrected chi connectivity index (χ4v) is 2.77. The molecular weight excluding hydrogens is 250 g/mol. The van der Waals surface area contributed by atoms with Crippen LogP contribution in [0.1, 0.15) is 26.7 Å². The van der Waals surface area contributed by atoms with Crippen molar-refractivity contribution in [1.82, 2.24) is 20.5 Å². The molecule has 0 amide bonds. The molecule has 1 aliphatic rings. The van der Waals surface area contributed by atoms with E-state index in [0.29, 0.717) is 17.4 Å². The Morgan fingerprint density at radius 1 is 1.25 bits per heavy atom. The summed E-state index contributed by atoms with van der Waals surface area (Å²) < 4.78 is 0. The molecule has 1 aromatic heterocycles. The maximum Gasteiger partial charge on any atom is 0.243 e. The molecule has 106 valence electrons. The van der Waals surface area contributed by atoms with Gasteiger partial charge in [0.25, 0.3) is 0 Å². The molecule has 2 N–H and O–H groups in total. The third kappa shape index (κ3) is 2.72. The summed E-state index contributed by atoms with van der Waals surface area (Å²) >= 11 is 0. The van der Waals surface area contributed by atoms with Crippen LogP contribution in [-0.2, 0) is 0 Å². The average molecular weight is 271 g/mol. The number of anilines is 1. The van der Waals surface area contributed by atoms with Gasteiger partial charge in [0.1, 0.15) is 5.52 Å². The first-order valence-corrected chi connectivity index (χ1v) is 7.22. The Bertz CT molecular complexity index is 596. The number of rotatable bonds is 3. The van der Waals surface area contributed by atoms with E-state index in [-0.39, 0.29) is 0 Å². The fraction of sp³-hybridized carbons (Fsp3) is 0.533. The zero-order chi connectivity index (χ0) is 14.0. The SMILES string of the molecule is CC1(C)CCCNC1CNc1nnc2ccccc2n1. The summed E-state index contributed by atoms with van der Waals surface area (Å²) in [6.07, 6.45) is 2.50. The molecule has 0 saturated carbocycles. The molecule has 5 nitrogen and oxygen atoms in total. The smallest absolute Gasteiger partial charge is 0.243 e. The minimum atomic E-state index is 0.301. The summed E-state index contributed by atoms with van der Waals surface area (Å²) in [5.74, 6) is 0.604. The maximum absolute atomic E-state index is 4.49. The third-order valence-electron chi connectivity index (χ3n) is 4.16. The molecule has 1 aliphatic heterocycles. The van der Waals surface area contributed by atoms with Crippen LogP contribution >= 0.6 is 0 Å². The summed E-state index contributed by atoms with van der Waals surface area (Å²) in [5, 5.41) is 15.2. The van der Waals surface area contributed by atoms with Crippen LogP contribution in [0.3, 0.4) is 0 Å². The fourth-order valence-electron chi connectivity index (χ4n) is 2.77. The maximum atomic E-state index is 4.49. The van der Waals surface area contributed by atoms with Gasteiger partial charge < -0.3 is 10.6 Å². The summed E-state index contributed by atoms with van der Waals surface area (Å²) in [7, 11) is 0. The van der Waals surface area contributed by atoms with Crippen molar-refractivity contribution in [2.75, 3.05) is 18.4 Å². The lowest BCUT2D eigenvalue weighted by molar-refractivity contribution is 0.188. The Hall–Kier alpha value is -1.75. The molecule has 1 saturated heterocycles. The Morgan fingerprint density at radius 3 is 2.85 bits per heavy atom. The van der Waals surface area contributed by atoms with E-state index in [0.717, 1.165) is 24.1 Å². The van der Waals surface area contributed by atoms with Crippen LogP contribution in [0.25, 0.3) is 11.0 Å². The van der Waals surface area contributed by atoms with Crippen LogP contribution in [0.2, 0.25) is 0 Å². The van der Waals surface area contributed by atoms with Crippen molar-refractivity contribution in [1.29, 1.82) is 0 Å². The van der Waals surface area contributed by atoms with Gasteiger partial charge >= 0.3 is 0 Å². The molecule has 1 atom stereocenters. The monoisotopic (exact) mass is 271 g/mol. The summed E-state index contributed by atoms with van der Waals surface area (Å²) in [4.78, 5) is 4.49. The van der Waals surface area contributed by atoms with E-state index in [1.165, 1.54) is 12.8 Å². The highest BCUT2D eigenvalue weighted by atomic mass is 15.2. The number of fused-ring (bicyclic) bond motifs is 1. The molecule has 2 aromatic rings. The second kappa shape index (κ2) is 5.32. The van der Waals surface area contributed by atoms with Gasteiger partial charge in [0, 0.05) is 12.6 Å². The molecule has 1 fully saturated rings. The molecule has 3 rings (SSSR count). The summed E-state index contributed by atoms with van der Waals surface area (Å²) in [6, 6.07) is 8.22. The molecule has 1 unspecified atom stereocenters. The molecule has 5 heteroatoms. The van der Waals surface area contributed by atoms with Crippen molar-refractivity contribution in [2.24, 2.45) is 5.41 Å². The van der Waals surface area contributed by atoms with Gasteiger partial charge in [0.05, 0.1) is 5.52 Å². The predicted octanol–water partition coefficient (Wildman–Crippen LogP) is 2.21. The lowest BCUT2D eigenvalue weighted by Gasteiger charge is -2.39. The molecular formula is C15H21N5. The number of nitrogens with zero attached hydrogens (tertiary/aromatic N) is 3. The second-order valence-corrected chi connectivity index (χ2v) is 6.10. The van der Waals surface area contributed by atoms with E-state index in [4.69, 9.17) is 0 Å². The van der Waals surface area contributed by atoms with Gasteiger partial charge in [-0.1, -0.05) is 26.0 Å². The predicted molar refractivity (Wildman–Crippen MR) is 80.6 cm³/mol. The molecule has 2 heterocycles. The lowest BCUT2D eigenvalue weighted by atomic mass is 9.77. The van der Waals surface area contributed by atoms with Gasteiger partial charge in [-0.15, -0.1) is 10.2 Å². The standard InChI is InChI=1S/C15H21N5/c1-15(2)8-5-9-16-13(15)10-17-14-18-11-6-3-4-7-12(11)19-20-14/h3-4,6-7,13,16H,5,8-10H2,1-2H3,(H,17,18,20). The minimum absolute atomic E-state index is 0.301. The van der Waals surface area contributed by atoms with Gasteiger partial charge in [-0.2, -0.15) is 0 Å². The van der Waals surface area contributed by atoms with Crippen molar-refractivity contribution in [3.63, 3.8) is 0 Å². The Morgan fingerprint density at radius 2 is 2.05 bits per heavy atom. The molecule has 20 heavy (non-hydrogen) atoms. The normalized spacial score (nSPS) is 21.8. The highest BCUT2D eigenvalue weighted by Crippen LogP contribution is 2.29. The number of nitrogens with one attached hydrogen (secondary N) is 2. The van der Waals surface area contributed by atoms with Crippen LogP contribution in [0, 0.1) is 5.41 Å². The van der Waals surface area contributed by atoms with Crippen molar-refractivity contribution in [3.05, 3.63) is 24.3 Å². The molecule has 0 bridgehead atoms. The first-order valence-electron chi connectivity index (χ1n) is 7.22. The number of piperidine rings is 1. The van der Waals surface area contributed by atoms with E-state index >= 15 is 0 Å². The third-order valence-corrected chi connectivity index (χ3v) is 4.16. The summed E-state index contributed by atoms with van der Waals surface area (Å²) in [5.41, 5.74) is 2.00. The first-order chi connectivity index (χ1) is 9.65. The average Bonchev–Trinajstić information content (AvgIpc) is 2.45. The lowest BCUT2D eigenvalue weighted by Crippen LogP contribution is -2.50. The Kier molecular flexibility index (Phi) is 3.53.